The Kier molecular flexibility index (Phi) is 4.76. The number of hydrogen-bond donors (Lipinski definition) is 0. The van der Waals surface area contributed by atoms with E-state index in [0.29, 0.717) is 11.5 Å². The highest BCUT2D eigenvalue weighted by atomic mass is 19.3. The third-order valence-corrected chi connectivity index (χ3v) is 4.37. The lowest BCUT2D eigenvalue weighted by Crippen LogP contribution is -2.39. The van der Waals surface area contributed by atoms with Crippen LogP contribution in [0.1, 0.15) is 22.7 Å². The van der Waals surface area contributed by atoms with Gasteiger partial charge in [-0.15, -0.1) is 0 Å². The smallest absolute Gasteiger partial charge is 0.290 e. The van der Waals surface area contributed by atoms with Gasteiger partial charge in [0.15, 0.2) is 5.76 Å². The van der Waals surface area contributed by atoms with Gasteiger partial charge in [0, 0.05) is 12.6 Å². The number of nitrogens with zero attached hydrogens (tertiary/aromatic N) is 5. The predicted molar refractivity (Wildman–Crippen MR) is 92.0 cm³/mol. The van der Waals surface area contributed by atoms with Crippen LogP contribution in [0.5, 0.6) is 5.75 Å². The standard InChI is InChI=1S/C18H17F2N5O3/c19-18(20)6-13(9-27-14-2-1-5-21-7-14)25(10-18)17(26)16-4-3-15(28-16)8-24-12-22-11-23-24/h1-5,7,11-13H,6,8-10H2/t13-/m0/s1. The van der Waals surface area contributed by atoms with Crippen LogP contribution in [0.3, 0.4) is 0 Å². The Morgan fingerprint density at radius 1 is 1.32 bits per heavy atom. The zero-order valence-corrected chi connectivity index (χ0v) is 14.7. The molecule has 3 aromatic rings. The summed E-state index contributed by atoms with van der Waals surface area (Å²) in [4.78, 5) is 21.6. The topological polar surface area (TPSA) is 86.3 Å². The van der Waals surface area contributed by atoms with Crippen LogP contribution < -0.4 is 4.74 Å². The van der Waals surface area contributed by atoms with Crippen molar-refractivity contribution in [3.8, 4) is 5.75 Å². The van der Waals surface area contributed by atoms with Gasteiger partial charge in [0.25, 0.3) is 11.8 Å². The second-order valence-electron chi connectivity index (χ2n) is 6.51. The van der Waals surface area contributed by atoms with E-state index in [-0.39, 0.29) is 18.9 Å². The highest BCUT2D eigenvalue weighted by Gasteiger charge is 2.48. The number of rotatable bonds is 6. The summed E-state index contributed by atoms with van der Waals surface area (Å²) in [6.07, 6.45) is 5.50. The Hall–Kier alpha value is -3.30. The molecule has 1 saturated heterocycles. The average Bonchev–Trinajstić information content (AvgIpc) is 3.41. The van der Waals surface area contributed by atoms with Crippen LogP contribution >= 0.6 is 0 Å². The van der Waals surface area contributed by atoms with Gasteiger partial charge in [-0.3, -0.25) is 9.78 Å². The summed E-state index contributed by atoms with van der Waals surface area (Å²) in [7, 11) is 0. The van der Waals surface area contributed by atoms with Crippen molar-refractivity contribution in [3.63, 3.8) is 0 Å². The molecule has 0 N–H and O–H groups in total. The van der Waals surface area contributed by atoms with Gasteiger partial charge >= 0.3 is 0 Å². The van der Waals surface area contributed by atoms with Crippen LogP contribution in [-0.2, 0) is 6.54 Å². The van der Waals surface area contributed by atoms with Gasteiger partial charge in [-0.25, -0.2) is 18.4 Å². The lowest BCUT2D eigenvalue weighted by atomic mass is 10.2. The number of alkyl halides is 2. The number of carbonyl (C=O) groups excluding carboxylic acids is 1. The van der Waals surface area contributed by atoms with Gasteiger partial charge < -0.3 is 14.1 Å². The molecule has 10 heteroatoms. The summed E-state index contributed by atoms with van der Waals surface area (Å²) in [6, 6.07) is 5.68. The fourth-order valence-electron chi connectivity index (χ4n) is 3.10. The molecule has 1 atom stereocenters. The number of furan rings is 1. The van der Waals surface area contributed by atoms with Crippen molar-refractivity contribution in [3.05, 3.63) is 60.8 Å². The highest BCUT2D eigenvalue weighted by Crippen LogP contribution is 2.33. The first-order chi connectivity index (χ1) is 13.5. The minimum absolute atomic E-state index is 0.000747. The SMILES string of the molecule is O=C(c1ccc(Cn2cncn2)o1)N1CC(F)(F)C[C@H]1COc1cccnc1. The van der Waals surface area contributed by atoms with Crippen LogP contribution in [0.15, 0.2) is 53.7 Å². The lowest BCUT2D eigenvalue weighted by molar-refractivity contribution is 0.0112. The molecule has 0 aromatic carbocycles. The summed E-state index contributed by atoms with van der Waals surface area (Å²) >= 11 is 0. The van der Waals surface area contributed by atoms with Crippen molar-refractivity contribution >= 4 is 5.91 Å². The van der Waals surface area contributed by atoms with E-state index in [1.807, 2.05) is 0 Å². The van der Waals surface area contributed by atoms with Gasteiger partial charge in [-0.2, -0.15) is 5.10 Å². The van der Waals surface area contributed by atoms with Crippen LogP contribution in [0.25, 0.3) is 0 Å². The molecule has 0 radical (unpaired) electrons. The van der Waals surface area contributed by atoms with E-state index in [1.54, 1.807) is 24.4 Å². The molecule has 0 spiro atoms. The van der Waals surface area contributed by atoms with Crippen molar-refractivity contribution in [2.75, 3.05) is 13.2 Å². The fourth-order valence-corrected chi connectivity index (χ4v) is 3.10. The molecule has 1 amide bonds. The Morgan fingerprint density at radius 3 is 2.96 bits per heavy atom. The third-order valence-electron chi connectivity index (χ3n) is 4.37. The maximum absolute atomic E-state index is 14.0. The maximum Gasteiger partial charge on any atom is 0.290 e. The zero-order chi connectivity index (χ0) is 19.6. The number of hydrogen-bond acceptors (Lipinski definition) is 6. The number of ether oxygens (including phenoxy) is 1. The molecule has 8 nitrogen and oxygen atoms in total. The van der Waals surface area contributed by atoms with Crippen molar-refractivity contribution in [1.29, 1.82) is 0 Å². The summed E-state index contributed by atoms with van der Waals surface area (Å²) in [5, 5.41) is 3.96. The number of carbonyl (C=O) groups is 1. The average molecular weight is 389 g/mol. The van der Waals surface area contributed by atoms with E-state index in [1.165, 1.54) is 29.6 Å². The number of likely N-dealkylation sites (tertiary alicyclic amines) is 1. The number of pyridine rings is 1. The Labute approximate surface area is 158 Å². The summed E-state index contributed by atoms with van der Waals surface area (Å²) in [5.41, 5.74) is 0. The number of halogens is 2. The normalized spacial score (nSPS) is 18.4. The predicted octanol–water partition coefficient (Wildman–Crippen LogP) is 2.24. The second kappa shape index (κ2) is 7.37. The Balaban J connectivity index is 1.45. The quantitative estimate of drug-likeness (QED) is 0.643. The van der Waals surface area contributed by atoms with Crippen LogP contribution in [-0.4, -0.2) is 55.7 Å². The highest BCUT2D eigenvalue weighted by molar-refractivity contribution is 5.92. The van der Waals surface area contributed by atoms with Gasteiger partial charge in [-0.1, -0.05) is 0 Å². The minimum Gasteiger partial charge on any atom is -0.490 e. The molecule has 1 aliphatic rings. The second-order valence-corrected chi connectivity index (χ2v) is 6.51. The molecule has 3 aromatic heterocycles. The third kappa shape index (κ3) is 4.00. The largest absolute Gasteiger partial charge is 0.490 e. The van der Waals surface area contributed by atoms with Crippen molar-refractivity contribution in [2.45, 2.75) is 24.9 Å². The molecular weight excluding hydrogens is 372 g/mol. The zero-order valence-electron chi connectivity index (χ0n) is 14.7. The van der Waals surface area contributed by atoms with Crippen LogP contribution in [0.4, 0.5) is 8.78 Å². The first-order valence-corrected chi connectivity index (χ1v) is 8.63. The molecule has 1 aliphatic heterocycles. The van der Waals surface area contributed by atoms with Gasteiger partial charge in [0.05, 0.1) is 18.8 Å². The van der Waals surface area contributed by atoms with Crippen molar-refractivity contribution in [1.82, 2.24) is 24.6 Å². The molecule has 0 bridgehead atoms. The molecule has 0 saturated carbocycles. The van der Waals surface area contributed by atoms with Gasteiger partial charge in [0.1, 0.15) is 37.3 Å². The molecule has 28 heavy (non-hydrogen) atoms. The molecule has 146 valence electrons. The molecule has 0 aliphatic carbocycles. The van der Waals surface area contributed by atoms with E-state index >= 15 is 0 Å². The number of aromatic nitrogens is 4. The molecular formula is C18H17F2N5O3. The first kappa shape index (κ1) is 18.1. The Bertz CT molecular complexity index is 930. The molecule has 0 unspecified atom stereocenters. The first-order valence-electron chi connectivity index (χ1n) is 8.63. The Morgan fingerprint density at radius 2 is 2.21 bits per heavy atom. The molecule has 1 fully saturated rings. The van der Waals surface area contributed by atoms with E-state index in [9.17, 15) is 13.6 Å². The van der Waals surface area contributed by atoms with Crippen LogP contribution in [0, 0.1) is 0 Å². The van der Waals surface area contributed by atoms with E-state index < -0.39 is 30.8 Å². The van der Waals surface area contributed by atoms with E-state index in [0.717, 1.165) is 4.90 Å². The van der Waals surface area contributed by atoms with E-state index in [2.05, 4.69) is 15.1 Å². The van der Waals surface area contributed by atoms with Gasteiger partial charge in [0.2, 0.25) is 0 Å². The summed E-state index contributed by atoms with van der Waals surface area (Å²) in [6.45, 7) is -0.442. The van der Waals surface area contributed by atoms with E-state index in [4.69, 9.17) is 9.15 Å². The fraction of sp³-hybridized carbons (Fsp3) is 0.333. The minimum atomic E-state index is -2.98. The number of amides is 1. The molecule has 4 heterocycles. The lowest BCUT2D eigenvalue weighted by Gasteiger charge is -2.23. The monoisotopic (exact) mass is 389 g/mol. The van der Waals surface area contributed by atoms with Crippen LogP contribution in [0.2, 0.25) is 0 Å². The maximum atomic E-state index is 14.0. The summed E-state index contributed by atoms with van der Waals surface area (Å²) in [5.74, 6) is -2.64. The van der Waals surface area contributed by atoms with Crippen molar-refractivity contribution in [2.24, 2.45) is 0 Å². The summed E-state index contributed by atoms with van der Waals surface area (Å²) < 4.78 is 40.6. The van der Waals surface area contributed by atoms with Gasteiger partial charge in [-0.05, 0) is 24.3 Å². The molecule has 4 rings (SSSR count). The van der Waals surface area contributed by atoms with Crippen molar-refractivity contribution < 1.29 is 22.7 Å².